The number of amides is 2. The molecule has 0 aliphatic carbocycles. The number of anilines is 1. The number of carbonyl (C=O) groups is 2. The van der Waals surface area contributed by atoms with Crippen molar-refractivity contribution in [1.29, 1.82) is 0 Å². The van der Waals surface area contributed by atoms with Crippen LogP contribution in [0.15, 0.2) is 77.8 Å². The summed E-state index contributed by atoms with van der Waals surface area (Å²) >= 11 is 8.57. The molecule has 0 unspecified atom stereocenters. The van der Waals surface area contributed by atoms with Crippen LogP contribution in [0.2, 0.25) is 5.02 Å². The van der Waals surface area contributed by atoms with Crippen LogP contribution < -0.4 is 10.6 Å². The van der Waals surface area contributed by atoms with Crippen molar-refractivity contribution in [3.05, 3.63) is 89.0 Å². The molecule has 2 amide bonds. The summed E-state index contributed by atoms with van der Waals surface area (Å²) in [4.78, 5) is 30.0. The number of allylic oxidation sites excluding steroid dienone is 1. The molecule has 0 fully saturated rings. The monoisotopic (exact) mass is 566 g/mol. The van der Waals surface area contributed by atoms with Crippen LogP contribution in [0.25, 0.3) is 11.3 Å². The van der Waals surface area contributed by atoms with Gasteiger partial charge in [0.2, 0.25) is 5.91 Å². The summed E-state index contributed by atoms with van der Waals surface area (Å²) in [6.45, 7) is 8.30. The number of carbonyl (C=O) groups excluding carboxylic acids is 2. The van der Waals surface area contributed by atoms with E-state index in [1.165, 1.54) is 23.1 Å². The van der Waals surface area contributed by atoms with Gasteiger partial charge >= 0.3 is 0 Å². The lowest BCUT2D eigenvalue weighted by molar-refractivity contribution is -0.113. The minimum atomic E-state index is -0.375. The number of hydrogen-bond acceptors (Lipinski definition) is 7. The van der Waals surface area contributed by atoms with Crippen LogP contribution in [0.3, 0.4) is 0 Å². The molecule has 4 rings (SSSR count). The molecule has 0 spiro atoms. The summed E-state index contributed by atoms with van der Waals surface area (Å²) in [6.07, 6.45) is 1.74. The highest BCUT2D eigenvalue weighted by Gasteiger charge is 2.26. The smallest absolute Gasteiger partial charge is 0.251 e. The Morgan fingerprint density at radius 2 is 1.87 bits per heavy atom. The molecule has 2 heterocycles. The third-order valence-corrected chi connectivity index (χ3v) is 7.52. The molecule has 2 aromatic heterocycles. The van der Waals surface area contributed by atoms with E-state index in [-0.39, 0.29) is 29.5 Å². The Kier molecular flexibility index (Phi) is 9.33. The van der Waals surface area contributed by atoms with Gasteiger partial charge in [0.1, 0.15) is 0 Å². The van der Waals surface area contributed by atoms with Crippen molar-refractivity contribution in [2.45, 2.75) is 31.6 Å². The van der Waals surface area contributed by atoms with Crippen molar-refractivity contribution in [3.8, 4) is 11.3 Å². The molecule has 0 saturated heterocycles. The number of nitrogens with zero attached hydrogens (tertiary/aromatic N) is 4. The Balaban J connectivity index is 1.43. The first-order chi connectivity index (χ1) is 18.4. The predicted octanol–water partition coefficient (Wildman–Crippen LogP) is 6.10. The number of halogens is 1. The van der Waals surface area contributed by atoms with Crippen molar-refractivity contribution >= 4 is 51.6 Å². The van der Waals surface area contributed by atoms with Crippen LogP contribution in [0.1, 0.15) is 36.1 Å². The molecular formula is C27H27ClN6O2S2. The molecule has 0 saturated carbocycles. The Bertz CT molecular complexity index is 1400. The lowest BCUT2D eigenvalue weighted by atomic mass is 10.0. The minimum Gasteiger partial charge on any atom is -0.342 e. The summed E-state index contributed by atoms with van der Waals surface area (Å²) in [5, 5.41) is 18.2. The van der Waals surface area contributed by atoms with Crippen LogP contribution in [0.4, 0.5) is 5.13 Å². The largest absolute Gasteiger partial charge is 0.342 e. The number of thiazole rings is 1. The third kappa shape index (κ3) is 6.89. The summed E-state index contributed by atoms with van der Waals surface area (Å²) in [5.74, 6) is 0.385. The molecule has 0 aliphatic rings. The van der Waals surface area contributed by atoms with Gasteiger partial charge in [0.25, 0.3) is 5.91 Å². The SMILES string of the molecule is C=CCn1c(SCC(=O)Nc2nc(-c3ccc(Cl)cc3)cs2)nnc1[C@@H](NC(=O)c1ccccc1)C(C)C. The number of hydrogen-bond donors (Lipinski definition) is 2. The topological polar surface area (TPSA) is 102 Å². The van der Waals surface area contributed by atoms with Crippen molar-refractivity contribution in [2.75, 3.05) is 11.1 Å². The lowest BCUT2D eigenvalue weighted by Gasteiger charge is -2.22. The number of benzene rings is 2. The molecule has 0 radical (unpaired) electrons. The highest BCUT2D eigenvalue weighted by Crippen LogP contribution is 2.28. The molecule has 0 aliphatic heterocycles. The van der Waals surface area contributed by atoms with Crippen LogP contribution >= 0.6 is 34.7 Å². The van der Waals surface area contributed by atoms with E-state index in [2.05, 4.69) is 32.4 Å². The highest BCUT2D eigenvalue weighted by atomic mass is 35.5. The van der Waals surface area contributed by atoms with Gasteiger partial charge in [0.15, 0.2) is 16.1 Å². The minimum absolute atomic E-state index is 0.0521. The van der Waals surface area contributed by atoms with Crippen molar-refractivity contribution in [1.82, 2.24) is 25.1 Å². The van der Waals surface area contributed by atoms with Crippen LogP contribution in [0, 0.1) is 5.92 Å². The van der Waals surface area contributed by atoms with Gasteiger partial charge in [-0.25, -0.2) is 4.98 Å². The van der Waals surface area contributed by atoms with E-state index in [1.54, 1.807) is 30.3 Å². The maximum atomic E-state index is 12.8. The zero-order valence-corrected chi connectivity index (χ0v) is 23.3. The van der Waals surface area contributed by atoms with Gasteiger partial charge in [-0.3, -0.25) is 9.59 Å². The van der Waals surface area contributed by atoms with Crippen molar-refractivity contribution in [2.24, 2.45) is 5.92 Å². The second kappa shape index (κ2) is 12.9. The molecule has 2 aromatic carbocycles. The standard InChI is InChI=1S/C27H27ClN6O2S2/c1-4-14-34-24(23(17(2)3)31-25(36)19-8-6-5-7-9-19)32-33-27(34)38-16-22(35)30-26-29-21(15-37-26)18-10-12-20(28)13-11-18/h4-13,15,17,23H,1,14,16H2,2-3H3,(H,31,36)(H,29,30,35)/t23-/m0/s1. The molecule has 1 atom stereocenters. The molecular weight excluding hydrogens is 540 g/mol. The highest BCUT2D eigenvalue weighted by molar-refractivity contribution is 7.99. The van der Waals surface area contributed by atoms with Crippen LogP contribution in [0.5, 0.6) is 0 Å². The molecule has 11 heteroatoms. The molecule has 4 aromatic rings. The fraction of sp³-hybridized carbons (Fsp3) is 0.222. The van der Waals surface area contributed by atoms with E-state index in [0.29, 0.717) is 33.2 Å². The predicted molar refractivity (Wildman–Crippen MR) is 154 cm³/mol. The summed E-state index contributed by atoms with van der Waals surface area (Å²) in [5.41, 5.74) is 2.26. The number of aromatic nitrogens is 4. The molecule has 0 bridgehead atoms. The van der Waals surface area contributed by atoms with E-state index in [4.69, 9.17) is 11.6 Å². The first kappa shape index (κ1) is 27.6. The lowest BCUT2D eigenvalue weighted by Crippen LogP contribution is -2.33. The Labute approximate surface area is 234 Å². The van der Waals surface area contributed by atoms with Gasteiger partial charge < -0.3 is 15.2 Å². The summed E-state index contributed by atoms with van der Waals surface area (Å²) in [6, 6.07) is 16.0. The van der Waals surface area contributed by atoms with E-state index in [0.717, 1.165) is 11.3 Å². The van der Waals surface area contributed by atoms with Gasteiger partial charge in [0, 0.05) is 28.1 Å². The van der Waals surface area contributed by atoms with Gasteiger partial charge in [-0.2, -0.15) is 0 Å². The average Bonchev–Trinajstić information content (AvgIpc) is 3.54. The first-order valence-corrected chi connectivity index (χ1v) is 14.1. The fourth-order valence-electron chi connectivity index (χ4n) is 3.65. The Morgan fingerprint density at radius 3 is 2.55 bits per heavy atom. The summed E-state index contributed by atoms with van der Waals surface area (Å²) < 4.78 is 1.88. The zero-order chi connectivity index (χ0) is 27.1. The number of rotatable bonds is 11. The third-order valence-electron chi connectivity index (χ3n) is 5.55. The van der Waals surface area contributed by atoms with Crippen LogP contribution in [-0.4, -0.2) is 37.3 Å². The maximum Gasteiger partial charge on any atom is 0.251 e. The Morgan fingerprint density at radius 1 is 1.13 bits per heavy atom. The molecule has 2 N–H and O–H groups in total. The molecule has 8 nitrogen and oxygen atoms in total. The molecule has 196 valence electrons. The van der Waals surface area contributed by atoms with Gasteiger partial charge in [-0.15, -0.1) is 28.1 Å². The van der Waals surface area contributed by atoms with E-state index in [1.807, 2.05) is 54.1 Å². The average molecular weight is 567 g/mol. The molecule has 38 heavy (non-hydrogen) atoms. The number of nitrogens with one attached hydrogen (secondary N) is 2. The summed E-state index contributed by atoms with van der Waals surface area (Å²) in [7, 11) is 0. The number of thioether (sulfide) groups is 1. The van der Waals surface area contributed by atoms with Gasteiger partial charge in [-0.1, -0.05) is 73.6 Å². The normalized spacial score (nSPS) is 11.8. The van der Waals surface area contributed by atoms with E-state index < -0.39 is 0 Å². The van der Waals surface area contributed by atoms with Crippen LogP contribution in [-0.2, 0) is 11.3 Å². The van der Waals surface area contributed by atoms with Crippen molar-refractivity contribution in [3.63, 3.8) is 0 Å². The second-order valence-electron chi connectivity index (χ2n) is 8.68. The quantitative estimate of drug-likeness (QED) is 0.168. The maximum absolute atomic E-state index is 12.8. The van der Waals surface area contributed by atoms with E-state index >= 15 is 0 Å². The van der Waals surface area contributed by atoms with Gasteiger partial charge in [-0.05, 0) is 30.2 Å². The first-order valence-electron chi connectivity index (χ1n) is 11.9. The van der Waals surface area contributed by atoms with Gasteiger partial charge in [0.05, 0.1) is 17.5 Å². The van der Waals surface area contributed by atoms with Crippen molar-refractivity contribution < 1.29 is 9.59 Å². The zero-order valence-electron chi connectivity index (χ0n) is 20.9. The fourth-order valence-corrected chi connectivity index (χ4v) is 5.27. The second-order valence-corrected chi connectivity index (χ2v) is 10.9. The Hall–Kier alpha value is -3.47. The van der Waals surface area contributed by atoms with E-state index in [9.17, 15) is 9.59 Å².